The maximum atomic E-state index is 10.4. The summed E-state index contributed by atoms with van der Waals surface area (Å²) in [4.78, 5) is 20.5. The Morgan fingerprint density at radius 2 is 2.27 bits per heavy atom. The van der Waals surface area contributed by atoms with E-state index in [9.17, 15) is 9.59 Å². The highest BCUT2D eigenvalue weighted by Crippen LogP contribution is 2.02. The first-order valence-corrected chi connectivity index (χ1v) is 3.75. The smallest absolute Gasteiger partial charge is 0.303 e. The van der Waals surface area contributed by atoms with Crippen molar-refractivity contribution in [3.05, 3.63) is 0 Å². The second-order valence-electron chi connectivity index (χ2n) is 2.36. The summed E-state index contributed by atoms with van der Waals surface area (Å²) in [6.07, 6.45) is 3.47. The van der Waals surface area contributed by atoms with E-state index in [1.54, 1.807) is 6.29 Å². The van der Waals surface area contributed by atoms with Crippen LogP contribution in [0.1, 0.15) is 33.1 Å². The third-order valence-corrected chi connectivity index (χ3v) is 1.26. The summed E-state index contributed by atoms with van der Waals surface area (Å²) in [5.41, 5.74) is 0. The molecule has 0 saturated heterocycles. The summed E-state index contributed by atoms with van der Waals surface area (Å²) in [7, 11) is 0. The zero-order valence-electron chi connectivity index (χ0n) is 6.92. The van der Waals surface area contributed by atoms with E-state index < -0.39 is 12.1 Å². The van der Waals surface area contributed by atoms with E-state index >= 15 is 0 Å². The minimum atomic E-state index is -0.660. The van der Waals surface area contributed by atoms with Gasteiger partial charge in [0.15, 0.2) is 6.10 Å². The van der Waals surface area contributed by atoms with Crippen LogP contribution in [0.25, 0.3) is 0 Å². The standard InChI is InChI=1S/C8H13O3/c1-3-4-5-8(6-9)11-7(2)10/h8H,3-5H2,1-2H3. The second-order valence-corrected chi connectivity index (χ2v) is 2.36. The van der Waals surface area contributed by atoms with Crippen LogP contribution in [0.3, 0.4) is 0 Å². The molecule has 0 amide bonds. The van der Waals surface area contributed by atoms with Gasteiger partial charge in [0.2, 0.25) is 6.29 Å². The Labute approximate surface area is 66.7 Å². The van der Waals surface area contributed by atoms with Crippen molar-refractivity contribution < 1.29 is 14.3 Å². The Balaban J connectivity index is 3.57. The normalized spacial score (nSPS) is 12.2. The maximum absolute atomic E-state index is 10.4. The number of hydrogen-bond donors (Lipinski definition) is 0. The van der Waals surface area contributed by atoms with Gasteiger partial charge in [-0.3, -0.25) is 9.59 Å². The topological polar surface area (TPSA) is 43.4 Å². The lowest BCUT2D eigenvalue weighted by molar-refractivity contribution is -0.143. The maximum Gasteiger partial charge on any atom is 0.303 e. The summed E-state index contributed by atoms with van der Waals surface area (Å²) >= 11 is 0. The fourth-order valence-electron chi connectivity index (χ4n) is 0.732. The molecule has 1 atom stereocenters. The summed E-state index contributed by atoms with van der Waals surface area (Å²) in [5, 5.41) is 0. The molecule has 0 rings (SSSR count). The van der Waals surface area contributed by atoms with Crippen molar-refractivity contribution in [1.82, 2.24) is 0 Å². The molecule has 3 nitrogen and oxygen atoms in total. The molecule has 3 heteroatoms. The van der Waals surface area contributed by atoms with Crippen LogP contribution in [-0.4, -0.2) is 18.4 Å². The number of unbranched alkanes of at least 4 members (excludes halogenated alkanes) is 1. The first-order chi connectivity index (χ1) is 5.20. The van der Waals surface area contributed by atoms with Gasteiger partial charge in [0.25, 0.3) is 0 Å². The monoisotopic (exact) mass is 157 g/mol. The molecule has 0 aromatic rings. The van der Waals surface area contributed by atoms with Gasteiger partial charge in [-0.15, -0.1) is 0 Å². The van der Waals surface area contributed by atoms with Gasteiger partial charge in [-0.2, -0.15) is 0 Å². The molecule has 0 spiro atoms. The lowest BCUT2D eigenvalue weighted by Gasteiger charge is -2.07. The van der Waals surface area contributed by atoms with Crippen LogP contribution in [0.15, 0.2) is 0 Å². The molecule has 63 valence electrons. The molecule has 11 heavy (non-hydrogen) atoms. The van der Waals surface area contributed by atoms with Crippen molar-refractivity contribution in [2.75, 3.05) is 0 Å². The predicted octanol–water partition coefficient (Wildman–Crippen LogP) is 1.22. The summed E-state index contributed by atoms with van der Waals surface area (Å²) in [5.74, 6) is -0.422. The van der Waals surface area contributed by atoms with Gasteiger partial charge in [-0.25, -0.2) is 0 Å². The molecule has 0 saturated carbocycles. The van der Waals surface area contributed by atoms with Crippen molar-refractivity contribution in [2.45, 2.75) is 39.2 Å². The molecule has 0 fully saturated rings. The average Bonchev–Trinajstić information content (AvgIpc) is 1.97. The third kappa shape index (κ3) is 5.58. The highest BCUT2D eigenvalue weighted by Gasteiger charge is 2.09. The zero-order valence-corrected chi connectivity index (χ0v) is 6.92. The van der Waals surface area contributed by atoms with E-state index in [-0.39, 0.29) is 0 Å². The Morgan fingerprint density at radius 3 is 2.64 bits per heavy atom. The van der Waals surface area contributed by atoms with Crippen LogP contribution >= 0.6 is 0 Å². The van der Waals surface area contributed by atoms with E-state index in [2.05, 4.69) is 4.74 Å². The van der Waals surface area contributed by atoms with Gasteiger partial charge in [0, 0.05) is 6.92 Å². The molecule has 1 radical (unpaired) electrons. The number of hydrogen-bond acceptors (Lipinski definition) is 3. The Hall–Kier alpha value is -0.860. The molecule has 1 unspecified atom stereocenters. The lowest BCUT2D eigenvalue weighted by Crippen LogP contribution is -2.17. The van der Waals surface area contributed by atoms with Gasteiger partial charge < -0.3 is 4.74 Å². The quantitative estimate of drug-likeness (QED) is 0.563. The predicted molar refractivity (Wildman–Crippen MR) is 40.8 cm³/mol. The zero-order chi connectivity index (χ0) is 8.69. The van der Waals surface area contributed by atoms with Crippen molar-refractivity contribution in [1.29, 1.82) is 0 Å². The fourth-order valence-corrected chi connectivity index (χ4v) is 0.732. The van der Waals surface area contributed by atoms with Crippen LogP contribution in [0.2, 0.25) is 0 Å². The molecule has 0 aromatic heterocycles. The third-order valence-electron chi connectivity index (χ3n) is 1.26. The largest absolute Gasteiger partial charge is 0.454 e. The van der Waals surface area contributed by atoms with E-state index in [1.165, 1.54) is 6.92 Å². The number of rotatable bonds is 5. The SMILES string of the molecule is CCCCC([C]=O)OC(C)=O. The van der Waals surface area contributed by atoms with Crippen molar-refractivity contribution >= 4 is 12.3 Å². The highest BCUT2D eigenvalue weighted by atomic mass is 16.5. The van der Waals surface area contributed by atoms with Gasteiger partial charge >= 0.3 is 5.97 Å². The summed E-state index contributed by atoms with van der Waals surface area (Å²) in [6.45, 7) is 3.30. The minimum Gasteiger partial charge on any atom is -0.454 e. The van der Waals surface area contributed by atoms with Crippen LogP contribution in [0.5, 0.6) is 0 Å². The van der Waals surface area contributed by atoms with Crippen molar-refractivity contribution in [3.8, 4) is 0 Å². The molecule has 0 aliphatic carbocycles. The Bertz CT molecular complexity index is 131. The van der Waals surface area contributed by atoms with Gasteiger partial charge in [0.05, 0.1) is 0 Å². The van der Waals surface area contributed by atoms with Gasteiger partial charge in [-0.05, 0) is 12.8 Å². The highest BCUT2D eigenvalue weighted by molar-refractivity contribution is 5.70. The summed E-state index contributed by atoms with van der Waals surface area (Å²) < 4.78 is 4.64. The second kappa shape index (κ2) is 5.89. The molecular weight excluding hydrogens is 144 g/mol. The first kappa shape index (κ1) is 10.1. The minimum absolute atomic E-state index is 0.422. The van der Waals surface area contributed by atoms with Crippen molar-refractivity contribution in [2.24, 2.45) is 0 Å². The van der Waals surface area contributed by atoms with E-state index in [0.717, 1.165) is 12.8 Å². The van der Waals surface area contributed by atoms with Gasteiger partial charge in [-0.1, -0.05) is 13.3 Å². The Kier molecular flexibility index (Phi) is 5.43. The number of carbonyl (C=O) groups is 1. The van der Waals surface area contributed by atoms with E-state index in [4.69, 9.17) is 0 Å². The molecule has 0 aliphatic rings. The number of esters is 1. The molecule has 0 heterocycles. The van der Waals surface area contributed by atoms with Crippen molar-refractivity contribution in [3.63, 3.8) is 0 Å². The average molecular weight is 157 g/mol. The van der Waals surface area contributed by atoms with E-state index in [0.29, 0.717) is 6.42 Å². The number of carbonyl (C=O) groups excluding carboxylic acids is 2. The van der Waals surface area contributed by atoms with Gasteiger partial charge in [0.1, 0.15) is 0 Å². The molecule has 0 aromatic carbocycles. The molecule has 0 aliphatic heterocycles. The van der Waals surface area contributed by atoms with Crippen LogP contribution in [-0.2, 0) is 14.3 Å². The molecular formula is C8H13O3. The summed E-state index contributed by atoms with van der Waals surface area (Å²) in [6, 6.07) is 0. The number of ether oxygens (including phenoxy) is 1. The van der Waals surface area contributed by atoms with E-state index in [1.807, 2.05) is 6.92 Å². The van der Waals surface area contributed by atoms with Crippen LogP contribution < -0.4 is 0 Å². The Morgan fingerprint density at radius 1 is 1.64 bits per heavy atom. The lowest BCUT2D eigenvalue weighted by atomic mass is 10.2. The van der Waals surface area contributed by atoms with Crippen LogP contribution in [0.4, 0.5) is 0 Å². The first-order valence-electron chi connectivity index (χ1n) is 3.75. The molecule has 0 N–H and O–H groups in total. The molecule has 0 bridgehead atoms. The fraction of sp³-hybridized carbons (Fsp3) is 0.750. The van der Waals surface area contributed by atoms with Crippen LogP contribution in [0, 0.1) is 0 Å².